The van der Waals surface area contributed by atoms with E-state index in [0.717, 1.165) is 5.69 Å². The number of hydrogen-bond acceptors (Lipinski definition) is 4. The lowest BCUT2D eigenvalue weighted by Gasteiger charge is -1.93. The van der Waals surface area contributed by atoms with E-state index in [1.807, 2.05) is 6.92 Å². The van der Waals surface area contributed by atoms with E-state index in [1.165, 1.54) is 11.3 Å². The molecule has 0 aromatic carbocycles. The van der Waals surface area contributed by atoms with Crippen LogP contribution in [-0.4, -0.2) is 16.1 Å². The second kappa shape index (κ2) is 2.95. The highest BCUT2D eigenvalue weighted by atomic mass is 32.1. The van der Waals surface area contributed by atoms with Crippen LogP contribution in [-0.2, 0) is 0 Å². The molecule has 4 nitrogen and oxygen atoms in total. The molecule has 0 aliphatic rings. The van der Waals surface area contributed by atoms with Crippen LogP contribution in [0.4, 0.5) is 5.00 Å². The summed E-state index contributed by atoms with van der Waals surface area (Å²) in [5.41, 5.74) is 6.62. The Morgan fingerprint density at radius 2 is 2.29 bits per heavy atom. The van der Waals surface area contributed by atoms with E-state index in [-0.39, 0.29) is 5.56 Å². The van der Waals surface area contributed by atoms with Crippen molar-refractivity contribution in [3.63, 3.8) is 0 Å². The van der Waals surface area contributed by atoms with Gasteiger partial charge in [0, 0.05) is 11.1 Å². The molecule has 0 bridgehead atoms. The lowest BCUT2D eigenvalue weighted by Crippen LogP contribution is -1.98. The number of aromatic nitrogens is 1. The molecule has 2 rings (SSSR count). The number of hydrogen-bond donors (Lipinski definition) is 2. The van der Waals surface area contributed by atoms with Crippen molar-refractivity contribution in [3.05, 3.63) is 23.4 Å². The molecule has 14 heavy (non-hydrogen) atoms. The van der Waals surface area contributed by atoms with Crippen LogP contribution in [0, 0.1) is 6.92 Å². The van der Waals surface area contributed by atoms with Crippen LogP contribution < -0.4 is 5.73 Å². The number of rotatable bonds is 1. The molecule has 72 valence electrons. The fourth-order valence-corrected chi connectivity index (χ4v) is 2.29. The molecule has 0 spiro atoms. The van der Waals surface area contributed by atoms with E-state index >= 15 is 0 Å². The van der Waals surface area contributed by atoms with Crippen molar-refractivity contribution in [2.24, 2.45) is 0 Å². The minimum absolute atomic E-state index is 0.164. The summed E-state index contributed by atoms with van der Waals surface area (Å²) in [5.74, 6) is -1.00. The van der Waals surface area contributed by atoms with E-state index in [1.54, 1.807) is 12.1 Å². The highest BCUT2D eigenvalue weighted by Gasteiger charge is 2.16. The second-order valence-electron chi connectivity index (χ2n) is 2.95. The zero-order valence-electron chi connectivity index (χ0n) is 7.44. The van der Waals surface area contributed by atoms with E-state index in [4.69, 9.17) is 10.8 Å². The number of anilines is 1. The Hall–Kier alpha value is -1.62. The summed E-state index contributed by atoms with van der Waals surface area (Å²) in [4.78, 5) is 15.8. The van der Waals surface area contributed by atoms with E-state index in [0.29, 0.717) is 15.2 Å². The smallest absolute Gasteiger partial charge is 0.339 e. The lowest BCUT2D eigenvalue weighted by molar-refractivity contribution is 0.0700. The number of thiophene rings is 1. The second-order valence-corrected chi connectivity index (χ2v) is 3.98. The van der Waals surface area contributed by atoms with Crippen molar-refractivity contribution >= 4 is 32.5 Å². The Morgan fingerprint density at radius 3 is 2.93 bits per heavy atom. The first kappa shape index (κ1) is 8.96. The van der Waals surface area contributed by atoms with Crippen molar-refractivity contribution in [3.8, 4) is 0 Å². The SMILES string of the molecule is Cc1ccc2c(C(=O)O)c(N)sc2n1. The number of carbonyl (C=O) groups is 1. The number of carboxylic acid groups (broad SMARTS) is 1. The minimum Gasteiger partial charge on any atom is -0.478 e. The van der Waals surface area contributed by atoms with Crippen molar-refractivity contribution in [1.82, 2.24) is 4.98 Å². The summed E-state index contributed by atoms with van der Waals surface area (Å²) in [7, 11) is 0. The number of pyridine rings is 1. The van der Waals surface area contributed by atoms with Crippen molar-refractivity contribution in [2.75, 3.05) is 5.73 Å². The van der Waals surface area contributed by atoms with E-state index in [9.17, 15) is 4.79 Å². The van der Waals surface area contributed by atoms with Crippen LogP contribution in [0.2, 0.25) is 0 Å². The molecule has 0 aliphatic carbocycles. The van der Waals surface area contributed by atoms with Crippen LogP contribution >= 0.6 is 11.3 Å². The first-order valence-corrected chi connectivity index (χ1v) is 4.80. The van der Waals surface area contributed by atoms with Gasteiger partial charge in [0.15, 0.2) is 0 Å². The van der Waals surface area contributed by atoms with Gasteiger partial charge < -0.3 is 10.8 Å². The van der Waals surface area contributed by atoms with Crippen molar-refractivity contribution in [2.45, 2.75) is 6.92 Å². The van der Waals surface area contributed by atoms with Gasteiger partial charge in [0.05, 0.1) is 0 Å². The molecule has 0 aliphatic heterocycles. The van der Waals surface area contributed by atoms with Crippen LogP contribution in [0.3, 0.4) is 0 Å². The first-order valence-electron chi connectivity index (χ1n) is 3.98. The summed E-state index contributed by atoms with van der Waals surface area (Å²) in [6, 6.07) is 3.52. The van der Waals surface area contributed by atoms with Crippen LogP contribution in [0.5, 0.6) is 0 Å². The zero-order chi connectivity index (χ0) is 10.3. The topological polar surface area (TPSA) is 76.2 Å². The molecule has 0 saturated carbocycles. The van der Waals surface area contributed by atoms with Crippen molar-refractivity contribution < 1.29 is 9.90 Å². The molecule has 2 aromatic rings. The van der Waals surface area contributed by atoms with Gasteiger partial charge in [0.1, 0.15) is 15.4 Å². The van der Waals surface area contributed by atoms with E-state index in [2.05, 4.69) is 4.98 Å². The maximum Gasteiger partial charge on any atom is 0.339 e. The maximum absolute atomic E-state index is 10.9. The maximum atomic E-state index is 10.9. The monoisotopic (exact) mass is 208 g/mol. The summed E-state index contributed by atoms with van der Waals surface area (Å²) in [6.45, 7) is 1.86. The Kier molecular flexibility index (Phi) is 1.89. The number of aryl methyl sites for hydroxylation is 1. The van der Waals surface area contributed by atoms with Gasteiger partial charge in [-0.05, 0) is 19.1 Å². The van der Waals surface area contributed by atoms with Gasteiger partial charge in [0.25, 0.3) is 0 Å². The average Bonchev–Trinajstić information content (AvgIpc) is 2.39. The number of carboxylic acids is 1. The molecule has 0 amide bonds. The first-order chi connectivity index (χ1) is 6.59. The normalized spacial score (nSPS) is 10.6. The van der Waals surface area contributed by atoms with E-state index < -0.39 is 5.97 Å². The number of nitrogens with two attached hydrogens (primary N) is 1. The van der Waals surface area contributed by atoms with Crippen LogP contribution in [0.25, 0.3) is 10.2 Å². The highest BCUT2D eigenvalue weighted by molar-refractivity contribution is 7.22. The molecule has 2 aromatic heterocycles. The van der Waals surface area contributed by atoms with Crippen molar-refractivity contribution in [1.29, 1.82) is 0 Å². The Morgan fingerprint density at radius 1 is 1.57 bits per heavy atom. The number of aromatic carboxylic acids is 1. The quantitative estimate of drug-likeness (QED) is 0.750. The highest BCUT2D eigenvalue weighted by Crippen LogP contribution is 2.32. The Balaban J connectivity index is 2.84. The largest absolute Gasteiger partial charge is 0.478 e. The van der Waals surface area contributed by atoms with Gasteiger partial charge in [0.2, 0.25) is 0 Å². The third kappa shape index (κ3) is 1.22. The molecule has 0 unspecified atom stereocenters. The summed E-state index contributed by atoms with van der Waals surface area (Å²) in [6.07, 6.45) is 0. The van der Waals surface area contributed by atoms with Crippen LogP contribution in [0.15, 0.2) is 12.1 Å². The van der Waals surface area contributed by atoms with Gasteiger partial charge in [-0.25, -0.2) is 9.78 Å². The summed E-state index contributed by atoms with van der Waals surface area (Å²) in [5, 5.41) is 9.85. The van der Waals surface area contributed by atoms with Gasteiger partial charge in [-0.2, -0.15) is 0 Å². The molecule has 5 heteroatoms. The Labute approximate surface area is 84.0 Å². The third-order valence-corrected chi connectivity index (χ3v) is 2.86. The van der Waals surface area contributed by atoms with Gasteiger partial charge in [-0.3, -0.25) is 0 Å². The molecule has 0 saturated heterocycles. The molecule has 0 fully saturated rings. The predicted molar refractivity (Wildman–Crippen MR) is 55.7 cm³/mol. The minimum atomic E-state index is -1.00. The van der Waals surface area contributed by atoms with Gasteiger partial charge in [-0.15, -0.1) is 0 Å². The molecular weight excluding hydrogens is 200 g/mol. The molecule has 0 atom stereocenters. The average molecular weight is 208 g/mol. The standard InChI is InChI=1S/C9H8N2O2S/c1-4-2-3-5-6(9(12)13)7(10)14-8(5)11-4/h2-3H,10H2,1H3,(H,12,13). The van der Waals surface area contributed by atoms with Crippen LogP contribution in [0.1, 0.15) is 16.1 Å². The summed E-state index contributed by atoms with van der Waals surface area (Å²) < 4.78 is 0. The number of fused-ring (bicyclic) bond motifs is 1. The molecule has 3 N–H and O–H groups in total. The number of nitrogen functional groups attached to an aromatic ring is 1. The van der Waals surface area contributed by atoms with Gasteiger partial charge in [-0.1, -0.05) is 11.3 Å². The lowest BCUT2D eigenvalue weighted by atomic mass is 10.2. The zero-order valence-corrected chi connectivity index (χ0v) is 8.26. The van der Waals surface area contributed by atoms with Gasteiger partial charge >= 0.3 is 5.97 Å². The molecular formula is C9H8N2O2S. The fraction of sp³-hybridized carbons (Fsp3) is 0.111. The summed E-state index contributed by atoms with van der Waals surface area (Å²) >= 11 is 1.21. The molecule has 0 radical (unpaired) electrons. The predicted octanol–water partition coefficient (Wildman–Crippen LogP) is 1.89. The molecule has 2 heterocycles. The number of nitrogens with zero attached hydrogens (tertiary/aromatic N) is 1. The Bertz CT molecular complexity index is 519. The third-order valence-electron chi connectivity index (χ3n) is 1.94. The fourth-order valence-electron chi connectivity index (χ4n) is 1.31.